The molecule has 1 heterocycles. The smallest absolute Gasteiger partial charge is 0.108 e. The lowest BCUT2D eigenvalue weighted by atomic mass is 10.4. The summed E-state index contributed by atoms with van der Waals surface area (Å²) >= 11 is 8.72. The fourth-order valence-corrected chi connectivity index (χ4v) is 0.880. The van der Waals surface area contributed by atoms with E-state index < -0.39 is 0 Å². The van der Waals surface area contributed by atoms with Crippen LogP contribution in [0, 0.1) is 0 Å². The van der Waals surface area contributed by atoms with Crippen molar-refractivity contribution in [3.63, 3.8) is 0 Å². The van der Waals surface area contributed by atoms with Gasteiger partial charge in [-0.3, -0.25) is 0 Å². The zero-order valence-corrected chi connectivity index (χ0v) is 8.00. The lowest BCUT2D eigenvalue weighted by Crippen LogP contribution is -1.86. The minimum Gasteiger partial charge on any atom is -0.397 e. The molecule has 0 bridgehead atoms. The molecule has 1 rings (SSSR count). The molecule has 2 N–H and O–H groups in total. The van der Waals surface area contributed by atoms with E-state index in [-0.39, 0.29) is 12.4 Å². The largest absolute Gasteiger partial charge is 0.397 e. The van der Waals surface area contributed by atoms with E-state index in [1.807, 2.05) is 0 Å². The number of rotatable bonds is 0. The van der Waals surface area contributed by atoms with Gasteiger partial charge < -0.3 is 5.73 Å². The molecular weight excluding hydrogens is 239 g/mol. The first-order valence-corrected chi connectivity index (χ1v) is 3.44. The Bertz CT molecular complexity index is 229. The van der Waals surface area contributed by atoms with Crippen molar-refractivity contribution in [2.24, 2.45) is 0 Å². The number of halogens is 3. The van der Waals surface area contributed by atoms with Gasteiger partial charge in [-0.15, -0.1) is 12.4 Å². The number of hydrogen-bond donors (Lipinski definition) is 1. The second-order valence-corrected chi connectivity index (χ2v) is 2.75. The molecule has 0 unspecified atom stereocenters. The molecule has 1 aromatic heterocycles. The molecule has 0 spiro atoms. The second kappa shape index (κ2) is 4.01. The Labute approximate surface area is 78.3 Å². The molecule has 0 aromatic carbocycles. The quantitative estimate of drug-likeness (QED) is 0.712. The number of anilines is 1. The van der Waals surface area contributed by atoms with E-state index in [1.54, 1.807) is 6.07 Å². The van der Waals surface area contributed by atoms with Gasteiger partial charge in [0.05, 0.1) is 10.7 Å². The maximum Gasteiger partial charge on any atom is 0.108 e. The average Bonchev–Trinajstić information content (AvgIpc) is 1.80. The first-order chi connectivity index (χ1) is 4.20. The minimum absolute atomic E-state index is 0. The predicted molar refractivity (Wildman–Crippen MR) is 48.6 cm³/mol. The Morgan fingerprint density at radius 2 is 2.20 bits per heavy atom. The van der Waals surface area contributed by atoms with E-state index in [2.05, 4.69) is 20.9 Å². The Hall–Kier alpha value is 0.01000. The predicted octanol–water partition coefficient (Wildman–Crippen LogP) is 2.50. The Balaban J connectivity index is 0.000000810. The van der Waals surface area contributed by atoms with Crippen LogP contribution < -0.4 is 5.73 Å². The fraction of sp³-hybridized carbons (Fsp3) is 0. The highest BCUT2D eigenvalue weighted by Crippen LogP contribution is 2.19. The van der Waals surface area contributed by atoms with Gasteiger partial charge in [0.1, 0.15) is 4.60 Å². The molecule has 5 heteroatoms. The molecule has 0 radical (unpaired) electrons. The number of nitrogen functional groups attached to an aromatic ring is 1. The molecule has 1 aromatic rings. The zero-order valence-electron chi connectivity index (χ0n) is 4.84. The third kappa shape index (κ3) is 2.33. The van der Waals surface area contributed by atoms with Crippen molar-refractivity contribution in [2.45, 2.75) is 0 Å². The summed E-state index contributed by atoms with van der Waals surface area (Å²) in [4.78, 5) is 3.84. The van der Waals surface area contributed by atoms with Crippen molar-refractivity contribution in [2.75, 3.05) is 5.73 Å². The van der Waals surface area contributed by atoms with Gasteiger partial charge in [-0.05, 0) is 22.0 Å². The number of nitrogens with zero attached hydrogens (tertiary/aromatic N) is 1. The van der Waals surface area contributed by atoms with Gasteiger partial charge >= 0.3 is 0 Å². The summed E-state index contributed by atoms with van der Waals surface area (Å²) in [6.07, 6.45) is 1.50. The van der Waals surface area contributed by atoms with Crippen LogP contribution >= 0.6 is 39.9 Å². The third-order valence-corrected chi connectivity index (χ3v) is 1.60. The van der Waals surface area contributed by atoms with Crippen molar-refractivity contribution < 1.29 is 0 Å². The first-order valence-electron chi connectivity index (χ1n) is 2.26. The van der Waals surface area contributed by atoms with Gasteiger partial charge in [-0.25, -0.2) is 4.98 Å². The second-order valence-electron chi connectivity index (χ2n) is 1.53. The molecule has 0 saturated carbocycles. The first kappa shape index (κ1) is 10.0. The monoisotopic (exact) mass is 242 g/mol. The van der Waals surface area contributed by atoms with Crippen LogP contribution in [0.4, 0.5) is 5.69 Å². The van der Waals surface area contributed by atoms with E-state index in [1.165, 1.54) is 6.20 Å². The van der Waals surface area contributed by atoms with Crippen molar-refractivity contribution >= 4 is 45.6 Å². The highest BCUT2D eigenvalue weighted by atomic mass is 79.9. The number of nitrogens with two attached hydrogens (primary N) is 1. The highest BCUT2D eigenvalue weighted by Gasteiger charge is 1.94. The van der Waals surface area contributed by atoms with E-state index in [0.717, 1.165) is 0 Å². The lowest BCUT2D eigenvalue weighted by Gasteiger charge is -1.94. The van der Waals surface area contributed by atoms with Gasteiger partial charge in [0.15, 0.2) is 0 Å². The molecule has 10 heavy (non-hydrogen) atoms. The normalized spacial score (nSPS) is 8.60. The van der Waals surface area contributed by atoms with Crippen molar-refractivity contribution in [1.82, 2.24) is 4.98 Å². The molecule has 0 aliphatic carbocycles. The standard InChI is InChI=1S/C5H4BrClN2.ClH/c6-5-1-4(8)3(7)2-9-5;/h1-2H,(H2,8,9);1H. The summed E-state index contributed by atoms with van der Waals surface area (Å²) in [6.45, 7) is 0. The van der Waals surface area contributed by atoms with Crippen LogP contribution in [0.3, 0.4) is 0 Å². The van der Waals surface area contributed by atoms with Gasteiger partial charge in [-0.2, -0.15) is 0 Å². The number of pyridine rings is 1. The lowest BCUT2D eigenvalue weighted by molar-refractivity contribution is 1.28. The maximum atomic E-state index is 5.57. The Morgan fingerprint density at radius 1 is 1.60 bits per heavy atom. The molecule has 0 aliphatic rings. The minimum atomic E-state index is 0. The summed E-state index contributed by atoms with van der Waals surface area (Å²) in [5, 5.41) is 0.484. The maximum absolute atomic E-state index is 5.57. The average molecular weight is 244 g/mol. The van der Waals surface area contributed by atoms with E-state index in [0.29, 0.717) is 15.3 Å². The van der Waals surface area contributed by atoms with Crippen LogP contribution in [0.15, 0.2) is 16.9 Å². The fourth-order valence-electron chi connectivity index (χ4n) is 0.427. The summed E-state index contributed by atoms with van der Waals surface area (Å²) in [6, 6.07) is 1.66. The van der Waals surface area contributed by atoms with Crippen molar-refractivity contribution in [1.29, 1.82) is 0 Å². The molecule has 56 valence electrons. The topological polar surface area (TPSA) is 38.9 Å². The van der Waals surface area contributed by atoms with Crippen LogP contribution in [0.2, 0.25) is 5.02 Å². The Morgan fingerprint density at radius 3 is 2.60 bits per heavy atom. The van der Waals surface area contributed by atoms with Crippen LogP contribution in [-0.4, -0.2) is 4.98 Å². The molecule has 0 aliphatic heterocycles. The van der Waals surface area contributed by atoms with Crippen molar-refractivity contribution in [3.8, 4) is 0 Å². The SMILES string of the molecule is Cl.Nc1cc(Br)ncc1Cl. The van der Waals surface area contributed by atoms with Gasteiger partial charge in [-0.1, -0.05) is 11.6 Å². The van der Waals surface area contributed by atoms with Gasteiger partial charge in [0, 0.05) is 6.20 Å². The van der Waals surface area contributed by atoms with Crippen LogP contribution in [0.5, 0.6) is 0 Å². The van der Waals surface area contributed by atoms with E-state index in [4.69, 9.17) is 17.3 Å². The van der Waals surface area contributed by atoms with Crippen molar-refractivity contribution in [3.05, 3.63) is 21.9 Å². The van der Waals surface area contributed by atoms with E-state index in [9.17, 15) is 0 Å². The molecule has 0 saturated heterocycles. The summed E-state index contributed by atoms with van der Waals surface area (Å²) in [5.41, 5.74) is 5.96. The summed E-state index contributed by atoms with van der Waals surface area (Å²) < 4.78 is 0.699. The van der Waals surface area contributed by atoms with Gasteiger partial charge in [0.2, 0.25) is 0 Å². The highest BCUT2D eigenvalue weighted by molar-refractivity contribution is 9.10. The Kier molecular flexibility index (Phi) is 4.01. The van der Waals surface area contributed by atoms with Crippen LogP contribution in [-0.2, 0) is 0 Å². The van der Waals surface area contributed by atoms with E-state index >= 15 is 0 Å². The number of hydrogen-bond acceptors (Lipinski definition) is 2. The number of aromatic nitrogens is 1. The van der Waals surface area contributed by atoms with Gasteiger partial charge in [0.25, 0.3) is 0 Å². The third-order valence-electron chi connectivity index (χ3n) is 0.852. The molecule has 2 nitrogen and oxygen atoms in total. The molecular formula is C5H5BrCl2N2. The summed E-state index contributed by atoms with van der Waals surface area (Å²) in [7, 11) is 0. The summed E-state index contributed by atoms with van der Waals surface area (Å²) in [5.74, 6) is 0. The van der Waals surface area contributed by atoms with Crippen LogP contribution in [0.1, 0.15) is 0 Å². The molecule has 0 fully saturated rings. The molecule has 0 atom stereocenters. The molecule has 0 amide bonds. The van der Waals surface area contributed by atoms with Crippen LogP contribution in [0.25, 0.3) is 0 Å². The zero-order chi connectivity index (χ0) is 6.85.